The van der Waals surface area contributed by atoms with E-state index in [1.807, 2.05) is 6.92 Å². The van der Waals surface area contributed by atoms with Crippen LogP contribution in [0.4, 0.5) is 0 Å². The molecule has 0 saturated heterocycles. The van der Waals surface area contributed by atoms with Gasteiger partial charge in [-0.25, -0.2) is 5.84 Å². The fourth-order valence-electron chi connectivity index (χ4n) is 1.23. The standard InChI is InChI=1S/C11H16N2O3/c1-3-10(11(14)13-12)16-9-6-4-8(15-2)5-7-9/h4-7,10H,3,12H2,1-2H3,(H,13,14). The Morgan fingerprint density at radius 1 is 1.38 bits per heavy atom. The predicted octanol–water partition coefficient (Wildman–Crippen LogP) is 0.843. The van der Waals surface area contributed by atoms with Crippen LogP contribution in [0.5, 0.6) is 11.5 Å². The molecule has 0 radical (unpaired) electrons. The Morgan fingerprint density at radius 2 is 1.94 bits per heavy atom. The number of hydrogen-bond donors (Lipinski definition) is 2. The Labute approximate surface area is 94.5 Å². The Balaban J connectivity index is 2.66. The van der Waals surface area contributed by atoms with Gasteiger partial charge < -0.3 is 9.47 Å². The topological polar surface area (TPSA) is 73.6 Å². The van der Waals surface area contributed by atoms with E-state index in [9.17, 15) is 4.79 Å². The maximum atomic E-state index is 11.3. The van der Waals surface area contributed by atoms with Crippen LogP contribution in [-0.4, -0.2) is 19.1 Å². The number of nitrogens with one attached hydrogen (secondary N) is 1. The van der Waals surface area contributed by atoms with Crippen molar-refractivity contribution >= 4 is 5.91 Å². The van der Waals surface area contributed by atoms with E-state index in [-0.39, 0.29) is 5.91 Å². The summed E-state index contributed by atoms with van der Waals surface area (Å²) >= 11 is 0. The van der Waals surface area contributed by atoms with Crippen molar-refractivity contribution in [3.63, 3.8) is 0 Å². The molecule has 16 heavy (non-hydrogen) atoms. The van der Waals surface area contributed by atoms with Gasteiger partial charge in [-0.2, -0.15) is 0 Å². The molecule has 0 aliphatic carbocycles. The summed E-state index contributed by atoms with van der Waals surface area (Å²) in [5.74, 6) is 6.06. The molecule has 5 nitrogen and oxygen atoms in total. The molecule has 1 rings (SSSR count). The van der Waals surface area contributed by atoms with Gasteiger partial charge in [-0.3, -0.25) is 10.2 Å². The minimum absolute atomic E-state index is 0.335. The number of carbonyl (C=O) groups is 1. The van der Waals surface area contributed by atoms with Crippen molar-refractivity contribution in [2.24, 2.45) is 5.84 Å². The van der Waals surface area contributed by atoms with E-state index >= 15 is 0 Å². The van der Waals surface area contributed by atoms with Crippen molar-refractivity contribution in [2.45, 2.75) is 19.4 Å². The molecule has 0 aliphatic heterocycles. The van der Waals surface area contributed by atoms with Crippen LogP contribution in [0.25, 0.3) is 0 Å². The van der Waals surface area contributed by atoms with E-state index < -0.39 is 6.10 Å². The lowest BCUT2D eigenvalue weighted by Gasteiger charge is -2.15. The summed E-state index contributed by atoms with van der Waals surface area (Å²) in [6, 6.07) is 7.02. The highest BCUT2D eigenvalue weighted by Crippen LogP contribution is 2.18. The number of benzene rings is 1. The number of ether oxygens (including phenoxy) is 2. The van der Waals surface area contributed by atoms with Gasteiger partial charge in [0.15, 0.2) is 6.10 Å². The molecule has 1 unspecified atom stereocenters. The summed E-state index contributed by atoms with van der Waals surface area (Å²) < 4.78 is 10.5. The summed E-state index contributed by atoms with van der Waals surface area (Å²) in [5.41, 5.74) is 2.07. The van der Waals surface area contributed by atoms with Gasteiger partial charge in [-0.15, -0.1) is 0 Å². The van der Waals surface area contributed by atoms with Crippen LogP contribution in [0.15, 0.2) is 24.3 Å². The lowest BCUT2D eigenvalue weighted by atomic mass is 10.2. The fourth-order valence-corrected chi connectivity index (χ4v) is 1.23. The second kappa shape index (κ2) is 5.97. The van der Waals surface area contributed by atoms with E-state index in [2.05, 4.69) is 5.43 Å². The van der Waals surface area contributed by atoms with Crippen molar-refractivity contribution in [1.82, 2.24) is 5.43 Å². The zero-order valence-corrected chi connectivity index (χ0v) is 9.40. The Kier molecular flexibility index (Phi) is 4.60. The van der Waals surface area contributed by atoms with Crippen LogP contribution in [-0.2, 0) is 4.79 Å². The monoisotopic (exact) mass is 224 g/mol. The van der Waals surface area contributed by atoms with Crippen LogP contribution < -0.4 is 20.7 Å². The van der Waals surface area contributed by atoms with Crippen molar-refractivity contribution in [2.75, 3.05) is 7.11 Å². The van der Waals surface area contributed by atoms with Gasteiger partial charge in [0.1, 0.15) is 11.5 Å². The third kappa shape index (κ3) is 3.13. The minimum Gasteiger partial charge on any atom is -0.497 e. The minimum atomic E-state index is -0.571. The Morgan fingerprint density at radius 3 is 2.38 bits per heavy atom. The molecule has 0 saturated carbocycles. The SMILES string of the molecule is CCC(Oc1ccc(OC)cc1)C(=O)NN. The number of hydrogen-bond acceptors (Lipinski definition) is 4. The van der Waals surface area contributed by atoms with Crippen molar-refractivity contribution in [1.29, 1.82) is 0 Å². The molecule has 1 amide bonds. The Hall–Kier alpha value is -1.75. The van der Waals surface area contributed by atoms with E-state index in [1.54, 1.807) is 31.4 Å². The molecule has 88 valence electrons. The molecule has 5 heteroatoms. The molecule has 1 aromatic carbocycles. The van der Waals surface area contributed by atoms with Crippen LogP contribution in [0.3, 0.4) is 0 Å². The summed E-state index contributed by atoms with van der Waals surface area (Å²) in [6.07, 6.45) is -0.0203. The van der Waals surface area contributed by atoms with Gasteiger partial charge in [0, 0.05) is 0 Å². The van der Waals surface area contributed by atoms with Gasteiger partial charge in [0.2, 0.25) is 0 Å². The normalized spacial score (nSPS) is 11.7. The van der Waals surface area contributed by atoms with Crippen molar-refractivity contribution in [3.05, 3.63) is 24.3 Å². The van der Waals surface area contributed by atoms with Gasteiger partial charge in [-0.1, -0.05) is 6.92 Å². The number of amides is 1. The molecule has 0 heterocycles. The van der Waals surface area contributed by atoms with Crippen LogP contribution in [0, 0.1) is 0 Å². The van der Waals surface area contributed by atoms with Gasteiger partial charge in [0.05, 0.1) is 7.11 Å². The predicted molar refractivity (Wildman–Crippen MR) is 60.0 cm³/mol. The molecular formula is C11H16N2O3. The average Bonchev–Trinajstić information content (AvgIpc) is 2.35. The second-order valence-corrected chi connectivity index (χ2v) is 3.20. The highest BCUT2D eigenvalue weighted by atomic mass is 16.5. The zero-order chi connectivity index (χ0) is 12.0. The molecular weight excluding hydrogens is 208 g/mol. The summed E-state index contributed by atoms with van der Waals surface area (Å²) in [6.45, 7) is 1.85. The summed E-state index contributed by atoms with van der Waals surface area (Å²) in [7, 11) is 1.59. The first-order valence-corrected chi connectivity index (χ1v) is 5.02. The molecule has 0 fully saturated rings. The average molecular weight is 224 g/mol. The molecule has 0 aliphatic rings. The number of methoxy groups -OCH3 is 1. The number of nitrogens with two attached hydrogens (primary N) is 1. The van der Waals surface area contributed by atoms with Gasteiger partial charge in [0.25, 0.3) is 5.91 Å². The lowest BCUT2D eigenvalue weighted by molar-refractivity contribution is -0.128. The summed E-state index contributed by atoms with van der Waals surface area (Å²) in [4.78, 5) is 11.3. The first kappa shape index (κ1) is 12.3. The molecule has 3 N–H and O–H groups in total. The quantitative estimate of drug-likeness (QED) is 0.441. The molecule has 0 bridgehead atoms. The first-order valence-electron chi connectivity index (χ1n) is 5.02. The maximum absolute atomic E-state index is 11.3. The molecule has 0 aromatic heterocycles. The third-order valence-electron chi connectivity index (χ3n) is 2.14. The molecule has 1 aromatic rings. The second-order valence-electron chi connectivity index (χ2n) is 3.20. The molecule has 0 spiro atoms. The maximum Gasteiger partial charge on any atom is 0.274 e. The molecule has 1 atom stereocenters. The largest absolute Gasteiger partial charge is 0.497 e. The van der Waals surface area contributed by atoms with E-state index in [0.717, 1.165) is 5.75 Å². The van der Waals surface area contributed by atoms with Gasteiger partial charge >= 0.3 is 0 Å². The van der Waals surface area contributed by atoms with E-state index in [4.69, 9.17) is 15.3 Å². The van der Waals surface area contributed by atoms with Crippen LogP contribution >= 0.6 is 0 Å². The lowest BCUT2D eigenvalue weighted by Crippen LogP contribution is -2.41. The number of hydrazine groups is 1. The highest BCUT2D eigenvalue weighted by molar-refractivity contribution is 5.80. The Bertz CT molecular complexity index is 338. The third-order valence-corrected chi connectivity index (χ3v) is 2.14. The van der Waals surface area contributed by atoms with Crippen LogP contribution in [0.1, 0.15) is 13.3 Å². The zero-order valence-electron chi connectivity index (χ0n) is 9.40. The van der Waals surface area contributed by atoms with Crippen molar-refractivity contribution < 1.29 is 14.3 Å². The van der Waals surface area contributed by atoms with E-state index in [1.165, 1.54) is 0 Å². The summed E-state index contributed by atoms with van der Waals surface area (Å²) in [5, 5.41) is 0. The van der Waals surface area contributed by atoms with Gasteiger partial charge in [-0.05, 0) is 30.7 Å². The van der Waals surface area contributed by atoms with Crippen molar-refractivity contribution in [3.8, 4) is 11.5 Å². The highest BCUT2D eigenvalue weighted by Gasteiger charge is 2.16. The first-order chi connectivity index (χ1) is 7.71. The van der Waals surface area contributed by atoms with E-state index in [0.29, 0.717) is 12.2 Å². The fraction of sp³-hybridized carbons (Fsp3) is 0.364. The number of rotatable bonds is 5. The van der Waals surface area contributed by atoms with Crippen LogP contribution in [0.2, 0.25) is 0 Å². The smallest absolute Gasteiger partial charge is 0.274 e. The number of carbonyl (C=O) groups excluding carboxylic acids is 1.